The van der Waals surface area contributed by atoms with Crippen LogP contribution >= 0.6 is 0 Å². The first-order valence-corrected chi connectivity index (χ1v) is 4.82. The third kappa shape index (κ3) is 2.20. The highest BCUT2D eigenvalue weighted by molar-refractivity contribution is 5.77. The third-order valence-corrected chi connectivity index (χ3v) is 2.35. The Hall–Kier alpha value is -2.10. The monoisotopic (exact) mass is 236 g/mol. The Labute approximate surface area is 95.5 Å². The van der Waals surface area contributed by atoms with Gasteiger partial charge in [0.2, 0.25) is 0 Å². The molecule has 0 saturated heterocycles. The van der Waals surface area contributed by atoms with Gasteiger partial charge in [0.15, 0.2) is 0 Å². The predicted molar refractivity (Wildman–Crippen MR) is 57.1 cm³/mol. The molecule has 0 atom stereocenters. The Morgan fingerprint density at radius 1 is 0.824 bits per heavy atom. The fourth-order valence-electron chi connectivity index (χ4n) is 1.53. The van der Waals surface area contributed by atoms with Crippen LogP contribution in [-0.4, -0.2) is 6.29 Å². The molecule has 17 heavy (non-hydrogen) atoms. The van der Waals surface area contributed by atoms with Crippen molar-refractivity contribution >= 4 is 6.29 Å². The average Bonchev–Trinajstić information content (AvgIpc) is 2.32. The summed E-state index contributed by atoms with van der Waals surface area (Å²) in [4.78, 5) is 10.4. The largest absolute Gasteiger partial charge is 0.298 e. The molecule has 0 aliphatic rings. The van der Waals surface area contributed by atoms with Gasteiger partial charge in [-0.15, -0.1) is 0 Å². The summed E-state index contributed by atoms with van der Waals surface area (Å²) < 4.78 is 40.0. The molecule has 2 aromatic carbocycles. The van der Waals surface area contributed by atoms with Crippen molar-refractivity contribution in [2.75, 3.05) is 0 Å². The first-order chi connectivity index (χ1) is 8.11. The molecule has 0 aliphatic heterocycles. The molecule has 0 aromatic heterocycles. The number of aldehydes is 1. The highest BCUT2D eigenvalue weighted by Crippen LogP contribution is 2.26. The molecule has 0 unspecified atom stereocenters. The first-order valence-electron chi connectivity index (χ1n) is 4.82. The van der Waals surface area contributed by atoms with Crippen LogP contribution in [0.1, 0.15) is 10.4 Å². The predicted octanol–water partition coefficient (Wildman–Crippen LogP) is 3.58. The maximum atomic E-state index is 13.6. The molecule has 0 heterocycles. The molecule has 0 aliphatic carbocycles. The molecule has 2 rings (SSSR count). The molecule has 2 aromatic rings. The minimum absolute atomic E-state index is 0.0763. The van der Waals surface area contributed by atoms with Crippen molar-refractivity contribution in [3.8, 4) is 11.1 Å². The van der Waals surface area contributed by atoms with Crippen molar-refractivity contribution < 1.29 is 18.0 Å². The molecule has 0 spiro atoms. The van der Waals surface area contributed by atoms with Gasteiger partial charge in [-0.25, -0.2) is 13.2 Å². The number of rotatable bonds is 2. The maximum absolute atomic E-state index is 13.6. The zero-order valence-corrected chi connectivity index (χ0v) is 8.58. The Bertz CT molecular complexity index is 579. The summed E-state index contributed by atoms with van der Waals surface area (Å²) in [5, 5.41) is 0. The van der Waals surface area contributed by atoms with Crippen LogP contribution in [0.3, 0.4) is 0 Å². The molecular formula is C13H7F3O. The molecular weight excluding hydrogens is 229 g/mol. The van der Waals surface area contributed by atoms with Crippen molar-refractivity contribution in [3.63, 3.8) is 0 Å². The van der Waals surface area contributed by atoms with E-state index in [0.717, 1.165) is 24.3 Å². The van der Waals surface area contributed by atoms with Crippen molar-refractivity contribution in [3.05, 3.63) is 59.4 Å². The quantitative estimate of drug-likeness (QED) is 0.728. The summed E-state index contributed by atoms with van der Waals surface area (Å²) in [6.07, 6.45) is 0.481. The van der Waals surface area contributed by atoms with Crippen molar-refractivity contribution in [1.82, 2.24) is 0 Å². The van der Waals surface area contributed by atoms with Gasteiger partial charge in [-0.1, -0.05) is 12.1 Å². The Morgan fingerprint density at radius 2 is 1.59 bits per heavy atom. The summed E-state index contributed by atoms with van der Waals surface area (Å²) in [6.45, 7) is 0. The first kappa shape index (κ1) is 11.4. The van der Waals surface area contributed by atoms with Crippen LogP contribution in [0.25, 0.3) is 11.1 Å². The van der Waals surface area contributed by atoms with E-state index in [-0.39, 0.29) is 16.7 Å². The van der Waals surface area contributed by atoms with Gasteiger partial charge in [0.05, 0.1) is 0 Å². The number of hydrogen-bond donors (Lipinski definition) is 0. The Balaban J connectivity index is 2.60. The van der Waals surface area contributed by atoms with Gasteiger partial charge < -0.3 is 0 Å². The molecule has 0 radical (unpaired) electrons. The van der Waals surface area contributed by atoms with Gasteiger partial charge in [0.25, 0.3) is 0 Å². The second-order valence-electron chi connectivity index (χ2n) is 3.48. The lowest BCUT2D eigenvalue weighted by molar-refractivity contribution is 0.112. The third-order valence-electron chi connectivity index (χ3n) is 2.35. The number of halogens is 3. The normalized spacial score (nSPS) is 10.3. The van der Waals surface area contributed by atoms with Gasteiger partial charge in [-0.2, -0.15) is 0 Å². The van der Waals surface area contributed by atoms with Crippen molar-refractivity contribution in [2.24, 2.45) is 0 Å². The van der Waals surface area contributed by atoms with E-state index in [9.17, 15) is 18.0 Å². The number of carbonyl (C=O) groups is 1. The van der Waals surface area contributed by atoms with E-state index in [1.807, 2.05) is 0 Å². The zero-order chi connectivity index (χ0) is 12.4. The summed E-state index contributed by atoms with van der Waals surface area (Å²) in [7, 11) is 0. The van der Waals surface area contributed by atoms with Crippen LogP contribution < -0.4 is 0 Å². The van der Waals surface area contributed by atoms with E-state index in [4.69, 9.17) is 0 Å². The van der Waals surface area contributed by atoms with E-state index >= 15 is 0 Å². The van der Waals surface area contributed by atoms with E-state index in [2.05, 4.69) is 0 Å². The smallest absolute Gasteiger partial charge is 0.150 e. The number of benzene rings is 2. The van der Waals surface area contributed by atoms with E-state index in [1.165, 1.54) is 12.1 Å². The lowest BCUT2D eigenvalue weighted by Crippen LogP contribution is -1.92. The highest BCUT2D eigenvalue weighted by Gasteiger charge is 2.11. The molecule has 86 valence electrons. The number of carbonyl (C=O) groups excluding carboxylic acids is 1. The minimum atomic E-state index is -0.765. The molecule has 0 amide bonds. The fraction of sp³-hybridized carbons (Fsp3) is 0. The van der Waals surface area contributed by atoms with Crippen LogP contribution in [0.4, 0.5) is 13.2 Å². The van der Waals surface area contributed by atoms with Gasteiger partial charge in [0.1, 0.15) is 23.7 Å². The molecule has 0 saturated carbocycles. The Morgan fingerprint density at radius 3 is 2.24 bits per heavy atom. The second-order valence-corrected chi connectivity index (χ2v) is 3.48. The van der Waals surface area contributed by atoms with Gasteiger partial charge >= 0.3 is 0 Å². The van der Waals surface area contributed by atoms with E-state index in [0.29, 0.717) is 6.29 Å². The average molecular weight is 236 g/mol. The minimum Gasteiger partial charge on any atom is -0.298 e. The SMILES string of the molecule is O=Cc1ccc(-c2cc(F)ccc2F)c(F)c1. The maximum Gasteiger partial charge on any atom is 0.150 e. The van der Waals surface area contributed by atoms with Gasteiger partial charge in [0, 0.05) is 16.7 Å². The summed E-state index contributed by atoms with van der Waals surface area (Å²) in [5.74, 6) is -2.14. The number of hydrogen-bond acceptors (Lipinski definition) is 1. The summed E-state index contributed by atoms with van der Waals surface area (Å²) in [5.41, 5.74) is -0.101. The molecule has 0 fully saturated rings. The molecule has 1 nitrogen and oxygen atoms in total. The fourth-order valence-corrected chi connectivity index (χ4v) is 1.53. The highest BCUT2D eigenvalue weighted by atomic mass is 19.1. The van der Waals surface area contributed by atoms with Crippen LogP contribution in [0.5, 0.6) is 0 Å². The Kier molecular flexibility index (Phi) is 2.95. The topological polar surface area (TPSA) is 17.1 Å². The molecule has 0 bridgehead atoms. The van der Waals surface area contributed by atoms with Crippen molar-refractivity contribution in [1.29, 1.82) is 0 Å². The van der Waals surface area contributed by atoms with E-state index < -0.39 is 17.5 Å². The van der Waals surface area contributed by atoms with Crippen LogP contribution in [0.2, 0.25) is 0 Å². The lowest BCUT2D eigenvalue weighted by atomic mass is 10.0. The summed E-state index contributed by atoms with van der Waals surface area (Å²) >= 11 is 0. The van der Waals surface area contributed by atoms with Gasteiger partial charge in [-0.3, -0.25) is 4.79 Å². The summed E-state index contributed by atoms with van der Waals surface area (Å²) in [6, 6.07) is 6.36. The second kappa shape index (κ2) is 4.41. The van der Waals surface area contributed by atoms with Gasteiger partial charge in [-0.05, 0) is 24.3 Å². The van der Waals surface area contributed by atoms with E-state index in [1.54, 1.807) is 0 Å². The van der Waals surface area contributed by atoms with Crippen LogP contribution in [0, 0.1) is 17.5 Å². The standard InChI is InChI=1S/C13H7F3O/c14-9-2-4-12(15)11(6-9)10-3-1-8(7-17)5-13(10)16/h1-7H. The molecule has 4 heteroatoms. The van der Waals surface area contributed by atoms with Crippen LogP contribution in [-0.2, 0) is 0 Å². The van der Waals surface area contributed by atoms with Crippen LogP contribution in [0.15, 0.2) is 36.4 Å². The lowest BCUT2D eigenvalue weighted by Gasteiger charge is -2.05. The zero-order valence-electron chi connectivity index (χ0n) is 8.58. The molecule has 0 N–H and O–H groups in total. The van der Waals surface area contributed by atoms with Crippen molar-refractivity contribution in [2.45, 2.75) is 0 Å².